The summed E-state index contributed by atoms with van der Waals surface area (Å²) in [5.41, 5.74) is -0.275. The average molecular weight is 709 g/mol. The smallest absolute Gasteiger partial charge is 0.331 e. The summed E-state index contributed by atoms with van der Waals surface area (Å²) in [5.74, 6) is -5.65. The van der Waals surface area contributed by atoms with Crippen molar-refractivity contribution in [2.45, 2.75) is 112 Å². The van der Waals surface area contributed by atoms with E-state index in [-0.39, 0.29) is 12.8 Å². The minimum atomic E-state index is -1.48. The third kappa shape index (κ3) is 8.10. The van der Waals surface area contributed by atoms with Crippen molar-refractivity contribution in [3.8, 4) is 0 Å². The molecule has 0 aromatic heterocycles. The summed E-state index contributed by atoms with van der Waals surface area (Å²) in [4.78, 5) is 77.4. The summed E-state index contributed by atoms with van der Waals surface area (Å²) in [6, 6.07) is 9.20. The molecule has 2 fully saturated rings. The molecule has 1 aromatic carbocycles. The van der Waals surface area contributed by atoms with Crippen molar-refractivity contribution in [2.24, 2.45) is 22.7 Å². The first-order valence-corrected chi connectivity index (χ1v) is 17.0. The molecule has 1 aromatic rings. The molecule has 0 radical (unpaired) electrons. The number of carbonyl (C=O) groups excluding carboxylic acids is 6. The first-order chi connectivity index (χ1) is 23.8. The lowest BCUT2D eigenvalue weighted by Crippen LogP contribution is -2.68. The number of ether oxygens (including phenoxy) is 6. The van der Waals surface area contributed by atoms with Gasteiger partial charge in [-0.3, -0.25) is 24.0 Å². The molecule has 9 atom stereocenters. The lowest BCUT2D eigenvalue weighted by atomic mass is 9.48. The van der Waals surface area contributed by atoms with Gasteiger partial charge < -0.3 is 28.4 Å². The Balaban J connectivity index is 2.04. The molecule has 51 heavy (non-hydrogen) atoms. The van der Waals surface area contributed by atoms with E-state index in [4.69, 9.17) is 28.4 Å². The molecule has 0 amide bonds. The standard InChI is InChI=1S/C39H48O12/c1-20-29(51-32(45)17-16-27-14-12-11-13-15-27)18-28-35(48-24(5)42)34-21(2)30(46-22(3)40)19-31(47-23(4)41)39(34,10)37(50-26(7)44)36(49-25(6)43)33(20)38(28,8)9/h11-17,28-31,34-37H,2,18-19H2,1,3-10H3. The largest absolute Gasteiger partial charge is 0.462 e. The van der Waals surface area contributed by atoms with Gasteiger partial charge in [0.1, 0.15) is 24.4 Å². The van der Waals surface area contributed by atoms with Crippen LogP contribution in [0.15, 0.2) is 59.7 Å². The zero-order valence-electron chi connectivity index (χ0n) is 30.7. The molecule has 12 heteroatoms. The summed E-state index contributed by atoms with van der Waals surface area (Å²) in [5, 5.41) is 0. The molecule has 12 nitrogen and oxygen atoms in total. The zero-order valence-corrected chi connectivity index (χ0v) is 30.7. The highest BCUT2D eigenvalue weighted by Gasteiger charge is 2.68. The van der Waals surface area contributed by atoms with Crippen LogP contribution in [0, 0.1) is 22.7 Å². The Morgan fingerprint density at radius 2 is 1.29 bits per heavy atom. The van der Waals surface area contributed by atoms with Crippen molar-refractivity contribution in [1.82, 2.24) is 0 Å². The van der Waals surface area contributed by atoms with Gasteiger partial charge in [-0.1, -0.05) is 57.7 Å². The van der Waals surface area contributed by atoms with Gasteiger partial charge in [-0.15, -0.1) is 0 Å². The minimum absolute atomic E-state index is 0.0670. The Morgan fingerprint density at radius 1 is 0.725 bits per heavy atom. The van der Waals surface area contributed by atoms with Gasteiger partial charge in [0, 0.05) is 59.0 Å². The van der Waals surface area contributed by atoms with Crippen molar-refractivity contribution in [3.05, 3.63) is 65.3 Å². The number of esters is 6. The SMILES string of the molecule is C=C1C(OC(C)=O)CC(OC(C)=O)C2(C)C(OC(C)=O)C(OC(C)=O)C3=C(C)C(OC(=O)C=Cc4ccccc4)CC(C(OC(C)=O)C12)C3(C)C. The van der Waals surface area contributed by atoms with Gasteiger partial charge in [0.2, 0.25) is 0 Å². The van der Waals surface area contributed by atoms with Crippen molar-refractivity contribution < 1.29 is 57.2 Å². The molecule has 2 bridgehead atoms. The van der Waals surface area contributed by atoms with E-state index in [9.17, 15) is 28.8 Å². The van der Waals surface area contributed by atoms with E-state index in [1.54, 1.807) is 19.9 Å². The van der Waals surface area contributed by atoms with Crippen molar-refractivity contribution >= 4 is 41.9 Å². The number of rotatable bonds is 8. The van der Waals surface area contributed by atoms with E-state index in [2.05, 4.69) is 6.58 Å². The highest BCUT2D eigenvalue weighted by molar-refractivity contribution is 5.87. The Kier molecular flexibility index (Phi) is 11.7. The fourth-order valence-electron chi connectivity index (χ4n) is 8.51. The second kappa shape index (κ2) is 15.2. The number of hydrogen-bond donors (Lipinski definition) is 0. The fraction of sp³-hybridized carbons (Fsp3) is 0.538. The Morgan fingerprint density at radius 3 is 1.84 bits per heavy atom. The molecule has 0 aliphatic heterocycles. The number of hydrogen-bond acceptors (Lipinski definition) is 12. The molecule has 0 heterocycles. The molecule has 4 rings (SSSR count). The zero-order chi connectivity index (χ0) is 38.0. The van der Waals surface area contributed by atoms with Crippen LogP contribution in [-0.4, -0.2) is 72.4 Å². The normalized spacial score (nSPS) is 31.3. The van der Waals surface area contributed by atoms with Crippen LogP contribution >= 0.6 is 0 Å². The van der Waals surface area contributed by atoms with Crippen LogP contribution in [0.4, 0.5) is 0 Å². The molecule has 0 saturated heterocycles. The average Bonchev–Trinajstić information content (AvgIpc) is 3.01. The van der Waals surface area contributed by atoms with Gasteiger partial charge in [-0.25, -0.2) is 4.79 Å². The van der Waals surface area contributed by atoms with E-state index < -0.39 is 95.1 Å². The van der Waals surface area contributed by atoms with Crippen LogP contribution in [0.3, 0.4) is 0 Å². The van der Waals surface area contributed by atoms with Crippen LogP contribution in [0.2, 0.25) is 0 Å². The molecule has 9 unspecified atom stereocenters. The minimum Gasteiger partial charge on any atom is -0.462 e. The van der Waals surface area contributed by atoms with E-state index in [0.29, 0.717) is 16.7 Å². The third-order valence-electron chi connectivity index (χ3n) is 10.5. The molecule has 3 aliphatic rings. The van der Waals surface area contributed by atoms with Crippen LogP contribution in [-0.2, 0) is 57.2 Å². The summed E-state index contributed by atoms with van der Waals surface area (Å²) in [6.45, 7) is 17.7. The maximum absolute atomic E-state index is 13.3. The van der Waals surface area contributed by atoms with Gasteiger partial charge in [-0.05, 0) is 47.1 Å². The molecule has 276 valence electrons. The number of fused-ring (bicyclic) bond motifs is 3. The Bertz CT molecular complexity index is 1640. The molecule has 3 aliphatic carbocycles. The first-order valence-electron chi connectivity index (χ1n) is 17.0. The van der Waals surface area contributed by atoms with Gasteiger partial charge in [0.05, 0.1) is 5.41 Å². The number of carbonyl (C=O) groups is 6. The van der Waals surface area contributed by atoms with Crippen LogP contribution < -0.4 is 0 Å². The van der Waals surface area contributed by atoms with Crippen LogP contribution in [0.25, 0.3) is 6.08 Å². The van der Waals surface area contributed by atoms with E-state index in [1.165, 1.54) is 40.7 Å². The van der Waals surface area contributed by atoms with Crippen molar-refractivity contribution in [1.29, 1.82) is 0 Å². The maximum atomic E-state index is 13.3. The second-order valence-corrected chi connectivity index (χ2v) is 14.3. The summed E-state index contributed by atoms with van der Waals surface area (Å²) in [7, 11) is 0. The Labute approximate surface area is 298 Å². The highest BCUT2D eigenvalue weighted by Crippen LogP contribution is 2.61. The summed E-state index contributed by atoms with van der Waals surface area (Å²) < 4.78 is 36.2. The lowest BCUT2D eigenvalue weighted by Gasteiger charge is -2.61. The van der Waals surface area contributed by atoms with Gasteiger partial charge in [-0.2, -0.15) is 0 Å². The first kappa shape index (κ1) is 39.1. The highest BCUT2D eigenvalue weighted by atomic mass is 16.6. The number of benzene rings is 1. The van der Waals surface area contributed by atoms with E-state index in [0.717, 1.165) is 5.56 Å². The Hall–Kier alpha value is -4.74. The van der Waals surface area contributed by atoms with Crippen molar-refractivity contribution in [3.63, 3.8) is 0 Å². The topological polar surface area (TPSA) is 158 Å². The van der Waals surface area contributed by atoms with Crippen LogP contribution in [0.5, 0.6) is 0 Å². The monoisotopic (exact) mass is 708 g/mol. The third-order valence-corrected chi connectivity index (χ3v) is 10.5. The molecular weight excluding hydrogens is 660 g/mol. The summed E-state index contributed by atoms with van der Waals surface area (Å²) in [6.07, 6.45) is -3.70. The fourth-order valence-corrected chi connectivity index (χ4v) is 8.51. The van der Waals surface area contributed by atoms with Gasteiger partial charge in [0.25, 0.3) is 0 Å². The predicted molar refractivity (Wildman–Crippen MR) is 183 cm³/mol. The molecule has 0 spiro atoms. The maximum Gasteiger partial charge on any atom is 0.331 e. The van der Waals surface area contributed by atoms with E-state index in [1.807, 2.05) is 44.2 Å². The van der Waals surface area contributed by atoms with Crippen LogP contribution in [0.1, 0.15) is 80.7 Å². The molecule has 0 N–H and O–H groups in total. The van der Waals surface area contributed by atoms with E-state index >= 15 is 0 Å². The summed E-state index contributed by atoms with van der Waals surface area (Å²) >= 11 is 0. The molecular formula is C39H48O12. The molecule has 2 saturated carbocycles. The van der Waals surface area contributed by atoms with Gasteiger partial charge >= 0.3 is 35.8 Å². The quantitative estimate of drug-likeness (QED) is 0.150. The second-order valence-electron chi connectivity index (χ2n) is 14.3. The van der Waals surface area contributed by atoms with Crippen molar-refractivity contribution in [2.75, 3.05) is 0 Å². The van der Waals surface area contributed by atoms with Gasteiger partial charge in [0.15, 0.2) is 12.2 Å². The lowest BCUT2D eigenvalue weighted by molar-refractivity contribution is -0.230. The predicted octanol–water partition coefficient (Wildman–Crippen LogP) is 5.23.